The molecule has 252 valence electrons. The zero-order valence-electron chi connectivity index (χ0n) is 29.2. The van der Waals surface area contributed by atoms with Crippen molar-refractivity contribution in [3.63, 3.8) is 0 Å². The fourth-order valence-electron chi connectivity index (χ4n) is 8.36. The number of benzene rings is 9. The van der Waals surface area contributed by atoms with Gasteiger partial charge in [0.2, 0.25) is 0 Å². The summed E-state index contributed by atoms with van der Waals surface area (Å²) in [6, 6.07) is 52.3. The summed E-state index contributed by atoms with van der Waals surface area (Å²) in [7, 11) is 0. The van der Waals surface area contributed by atoms with Crippen LogP contribution in [0.3, 0.4) is 0 Å². The second-order valence-corrected chi connectivity index (χ2v) is 14.1. The molecule has 0 amide bonds. The molecule has 53 heavy (non-hydrogen) atoms. The van der Waals surface area contributed by atoms with Crippen LogP contribution in [0.4, 0.5) is 8.78 Å². The van der Waals surface area contributed by atoms with Gasteiger partial charge in [-0.25, -0.2) is 8.78 Å². The molecule has 0 fully saturated rings. The Balaban J connectivity index is 1.12. The first-order valence-corrected chi connectivity index (χ1v) is 17.9. The molecule has 10 rings (SSSR count). The van der Waals surface area contributed by atoms with Crippen molar-refractivity contribution in [2.24, 2.45) is 0 Å². The van der Waals surface area contributed by atoms with Gasteiger partial charge in [-0.15, -0.1) is 0 Å². The molecule has 9 aromatic carbocycles. The first-order chi connectivity index (χ1) is 25.9. The molecule has 1 nitrogen and oxygen atoms in total. The van der Waals surface area contributed by atoms with Crippen molar-refractivity contribution in [3.8, 4) is 44.5 Å². The molecular formula is C50H32F2O. The van der Waals surface area contributed by atoms with Gasteiger partial charge in [0, 0.05) is 16.3 Å². The Morgan fingerprint density at radius 1 is 0.358 bits per heavy atom. The molecule has 10 aromatic rings. The van der Waals surface area contributed by atoms with Gasteiger partial charge in [-0.05, 0) is 151 Å². The Morgan fingerprint density at radius 2 is 0.830 bits per heavy atom. The van der Waals surface area contributed by atoms with E-state index in [4.69, 9.17) is 4.42 Å². The molecule has 0 spiro atoms. The van der Waals surface area contributed by atoms with Gasteiger partial charge < -0.3 is 4.42 Å². The summed E-state index contributed by atoms with van der Waals surface area (Å²) in [6.07, 6.45) is 0. The van der Waals surface area contributed by atoms with E-state index in [-0.39, 0.29) is 11.6 Å². The predicted octanol–water partition coefficient (Wildman–Crippen LogP) is 14.6. The number of hydrogen-bond acceptors (Lipinski definition) is 1. The zero-order chi connectivity index (χ0) is 35.8. The summed E-state index contributed by atoms with van der Waals surface area (Å²) in [5.41, 5.74) is 12.1. The van der Waals surface area contributed by atoms with Crippen molar-refractivity contribution in [2.45, 2.75) is 13.8 Å². The lowest BCUT2D eigenvalue weighted by Crippen LogP contribution is -1.92. The minimum atomic E-state index is -0.298. The molecule has 0 aliphatic heterocycles. The lowest BCUT2D eigenvalue weighted by atomic mass is 9.88. The molecule has 0 saturated heterocycles. The van der Waals surface area contributed by atoms with Crippen LogP contribution in [0.1, 0.15) is 11.1 Å². The first kappa shape index (κ1) is 31.2. The SMILES string of the molecule is Cc1cc(-c2ccc3oc4c(-c5ccc(F)cc5)cc(-c5ccc(F)cc5)cc4c3c2)cc(C)c1-c1ccc2c3ccccc3c3ccccc3c2c1. The van der Waals surface area contributed by atoms with Crippen molar-refractivity contribution in [1.29, 1.82) is 0 Å². The van der Waals surface area contributed by atoms with Gasteiger partial charge >= 0.3 is 0 Å². The van der Waals surface area contributed by atoms with Crippen LogP contribution < -0.4 is 0 Å². The van der Waals surface area contributed by atoms with Crippen molar-refractivity contribution in [1.82, 2.24) is 0 Å². The van der Waals surface area contributed by atoms with Crippen molar-refractivity contribution in [2.75, 3.05) is 0 Å². The number of hydrogen-bond donors (Lipinski definition) is 0. The van der Waals surface area contributed by atoms with Crippen LogP contribution in [-0.4, -0.2) is 0 Å². The Bertz CT molecular complexity index is 3020. The standard InChI is InChI=1S/C50H32F2O/c1-29-23-35(24-30(2)49(29)34-15-21-43-41-9-4-3-7-39(41)40-8-5-6-10-42(40)45(43)26-34)33-16-22-48-46(25-33)47-28-36(31-11-17-37(51)18-12-31)27-44(50(47)53-48)32-13-19-38(52)20-14-32/h3-28H,1-2H3. The third-order valence-electron chi connectivity index (χ3n) is 10.8. The highest BCUT2D eigenvalue weighted by molar-refractivity contribution is 6.25. The fourth-order valence-corrected chi connectivity index (χ4v) is 8.36. The third kappa shape index (κ3) is 5.11. The molecule has 1 aromatic heterocycles. The molecule has 0 saturated carbocycles. The van der Waals surface area contributed by atoms with E-state index in [1.54, 1.807) is 24.3 Å². The van der Waals surface area contributed by atoms with Crippen LogP contribution in [-0.2, 0) is 0 Å². The third-order valence-corrected chi connectivity index (χ3v) is 10.8. The van der Waals surface area contributed by atoms with Crippen molar-refractivity contribution < 1.29 is 13.2 Å². The zero-order valence-corrected chi connectivity index (χ0v) is 29.2. The highest BCUT2D eigenvalue weighted by Crippen LogP contribution is 2.43. The van der Waals surface area contributed by atoms with E-state index in [0.717, 1.165) is 55.3 Å². The smallest absolute Gasteiger partial charge is 0.143 e. The molecule has 0 N–H and O–H groups in total. The van der Waals surface area contributed by atoms with E-state index < -0.39 is 0 Å². The molecule has 0 aliphatic carbocycles. The molecule has 1 heterocycles. The maximum Gasteiger partial charge on any atom is 0.143 e. The van der Waals surface area contributed by atoms with Gasteiger partial charge in [0.25, 0.3) is 0 Å². The number of fused-ring (bicyclic) bond motifs is 9. The average Bonchev–Trinajstić information content (AvgIpc) is 3.56. The van der Waals surface area contributed by atoms with Crippen molar-refractivity contribution in [3.05, 3.63) is 180 Å². The van der Waals surface area contributed by atoms with Gasteiger partial charge in [-0.3, -0.25) is 0 Å². The fraction of sp³-hybridized carbons (Fsp3) is 0.0400. The Kier molecular flexibility index (Phi) is 7.06. The van der Waals surface area contributed by atoms with Crippen LogP contribution >= 0.6 is 0 Å². The maximum atomic E-state index is 14.0. The molecule has 0 atom stereocenters. The number of halogens is 2. The van der Waals surface area contributed by atoms with Crippen LogP contribution in [0.5, 0.6) is 0 Å². The molecule has 0 unspecified atom stereocenters. The predicted molar refractivity (Wildman–Crippen MR) is 217 cm³/mol. The van der Waals surface area contributed by atoms with Crippen LogP contribution in [0, 0.1) is 25.5 Å². The largest absolute Gasteiger partial charge is 0.455 e. The van der Waals surface area contributed by atoms with Gasteiger partial charge in [0.1, 0.15) is 22.8 Å². The molecule has 0 bridgehead atoms. The van der Waals surface area contributed by atoms with Gasteiger partial charge in [-0.1, -0.05) is 103 Å². The van der Waals surface area contributed by atoms with Crippen molar-refractivity contribution >= 4 is 54.3 Å². The van der Waals surface area contributed by atoms with E-state index >= 15 is 0 Å². The summed E-state index contributed by atoms with van der Waals surface area (Å²) < 4.78 is 34.4. The summed E-state index contributed by atoms with van der Waals surface area (Å²) in [5.74, 6) is -0.584. The van der Waals surface area contributed by atoms with E-state index in [1.807, 2.05) is 12.1 Å². The van der Waals surface area contributed by atoms with Gasteiger partial charge in [0.05, 0.1) is 0 Å². The lowest BCUT2D eigenvalue weighted by Gasteiger charge is -2.16. The molecule has 3 heteroatoms. The van der Waals surface area contributed by atoms with E-state index in [0.29, 0.717) is 0 Å². The van der Waals surface area contributed by atoms with Crippen LogP contribution in [0.25, 0.3) is 98.8 Å². The molecule has 0 radical (unpaired) electrons. The topological polar surface area (TPSA) is 13.1 Å². The Hall–Kier alpha value is -6.58. The summed E-state index contributed by atoms with van der Waals surface area (Å²) >= 11 is 0. The summed E-state index contributed by atoms with van der Waals surface area (Å²) in [4.78, 5) is 0. The minimum absolute atomic E-state index is 0.286. The molecule has 0 aliphatic rings. The lowest BCUT2D eigenvalue weighted by molar-refractivity contribution is 0.627. The second kappa shape index (κ2) is 12.0. The van der Waals surface area contributed by atoms with Gasteiger partial charge in [0.15, 0.2) is 0 Å². The second-order valence-electron chi connectivity index (χ2n) is 14.1. The summed E-state index contributed by atoms with van der Waals surface area (Å²) in [5, 5.41) is 9.54. The average molecular weight is 687 g/mol. The number of aryl methyl sites for hydroxylation is 2. The van der Waals surface area contributed by atoms with Crippen LogP contribution in [0.15, 0.2) is 162 Å². The van der Waals surface area contributed by atoms with Gasteiger partial charge in [-0.2, -0.15) is 0 Å². The summed E-state index contributed by atoms with van der Waals surface area (Å²) in [6.45, 7) is 4.40. The number of rotatable bonds is 4. The van der Waals surface area contributed by atoms with E-state index in [2.05, 4.69) is 111 Å². The normalized spacial score (nSPS) is 11.8. The minimum Gasteiger partial charge on any atom is -0.455 e. The number of furan rings is 1. The molecular weight excluding hydrogens is 655 g/mol. The van der Waals surface area contributed by atoms with Crippen LogP contribution in [0.2, 0.25) is 0 Å². The van der Waals surface area contributed by atoms with E-state index in [1.165, 1.54) is 78.8 Å². The quantitative estimate of drug-likeness (QED) is 0.168. The van der Waals surface area contributed by atoms with E-state index in [9.17, 15) is 8.78 Å². The first-order valence-electron chi connectivity index (χ1n) is 17.9. The maximum absolute atomic E-state index is 14.0. The Labute approximate surface area is 305 Å². The Morgan fingerprint density at radius 3 is 1.45 bits per heavy atom. The monoisotopic (exact) mass is 686 g/mol. The highest BCUT2D eigenvalue weighted by atomic mass is 19.1. The highest BCUT2D eigenvalue weighted by Gasteiger charge is 2.18.